The molecule has 0 saturated heterocycles. The summed E-state index contributed by atoms with van der Waals surface area (Å²) in [5.74, 6) is -0.336. The van der Waals surface area contributed by atoms with Gasteiger partial charge in [0.25, 0.3) is 0 Å². The van der Waals surface area contributed by atoms with Crippen LogP contribution in [0.15, 0.2) is 0 Å². The van der Waals surface area contributed by atoms with E-state index in [-0.39, 0.29) is 11.4 Å². The minimum absolute atomic E-state index is 0.247. The van der Waals surface area contributed by atoms with Gasteiger partial charge in [-0.2, -0.15) is 0 Å². The van der Waals surface area contributed by atoms with E-state index in [1.54, 1.807) is 5.48 Å². The van der Waals surface area contributed by atoms with Crippen LogP contribution in [-0.4, -0.2) is 29.0 Å². The Labute approximate surface area is 102 Å². The molecule has 1 aliphatic carbocycles. The highest BCUT2D eigenvalue weighted by molar-refractivity contribution is 5.74. The summed E-state index contributed by atoms with van der Waals surface area (Å²) in [7, 11) is 0. The van der Waals surface area contributed by atoms with Crippen LogP contribution >= 0.6 is 0 Å². The zero-order chi connectivity index (χ0) is 12.7. The fourth-order valence-electron chi connectivity index (χ4n) is 1.95. The first kappa shape index (κ1) is 14.1. The van der Waals surface area contributed by atoms with Crippen LogP contribution in [0.4, 0.5) is 0 Å². The lowest BCUT2D eigenvalue weighted by atomic mass is 10.0. The van der Waals surface area contributed by atoms with E-state index in [2.05, 4.69) is 12.2 Å². The normalized spacial score (nSPS) is 18.5. The quantitative estimate of drug-likeness (QED) is 0.245. The number of hydrogen-bond donors (Lipinski definition) is 3. The van der Waals surface area contributed by atoms with Crippen LogP contribution in [-0.2, 0) is 9.59 Å². The first-order valence-electron chi connectivity index (χ1n) is 6.33. The van der Waals surface area contributed by atoms with Crippen LogP contribution < -0.4 is 10.8 Å². The summed E-state index contributed by atoms with van der Waals surface area (Å²) in [6, 6.07) is 0.347. The van der Waals surface area contributed by atoms with Gasteiger partial charge in [0, 0.05) is 12.5 Å². The lowest BCUT2D eigenvalue weighted by molar-refractivity contribution is -0.129. The first-order chi connectivity index (χ1) is 8.15. The second kappa shape index (κ2) is 6.71. The second-order valence-electron chi connectivity index (χ2n) is 4.80. The fourth-order valence-corrected chi connectivity index (χ4v) is 1.95. The van der Waals surface area contributed by atoms with E-state index < -0.39 is 0 Å². The summed E-state index contributed by atoms with van der Waals surface area (Å²) >= 11 is 0. The summed E-state index contributed by atoms with van der Waals surface area (Å²) in [6.07, 6.45) is 6.90. The number of rotatable bonds is 9. The van der Waals surface area contributed by atoms with E-state index in [0.29, 0.717) is 12.5 Å². The molecule has 1 rings (SSSR count). The van der Waals surface area contributed by atoms with Gasteiger partial charge in [-0.25, -0.2) is 5.48 Å². The minimum atomic E-state index is -0.336. The molecule has 1 saturated carbocycles. The van der Waals surface area contributed by atoms with Gasteiger partial charge < -0.3 is 10.1 Å². The minimum Gasteiger partial charge on any atom is -0.302 e. The fraction of sp³-hybridized carbons (Fsp3) is 0.833. The second-order valence-corrected chi connectivity index (χ2v) is 4.80. The van der Waals surface area contributed by atoms with Crippen molar-refractivity contribution in [1.82, 2.24) is 10.8 Å². The molecule has 98 valence electrons. The maximum atomic E-state index is 10.9. The molecule has 5 nitrogen and oxygen atoms in total. The van der Waals surface area contributed by atoms with E-state index in [0.717, 1.165) is 44.8 Å². The highest BCUT2D eigenvalue weighted by atomic mass is 16.5. The zero-order valence-electron chi connectivity index (χ0n) is 10.4. The number of carbonyl (C=O) groups excluding carboxylic acids is 2. The average Bonchev–Trinajstić information content (AvgIpc) is 3.13. The molecule has 3 N–H and O–H groups in total. The number of hydroxylamine groups is 1. The third-order valence-corrected chi connectivity index (χ3v) is 3.33. The van der Waals surface area contributed by atoms with Crippen LogP contribution in [0.3, 0.4) is 0 Å². The maximum Gasteiger partial charge on any atom is 0.243 e. The molecule has 1 unspecified atom stereocenters. The smallest absolute Gasteiger partial charge is 0.243 e. The predicted molar refractivity (Wildman–Crippen MR) is 63.6 cm³/mol. The van der Waals surface area contributed by atoms with E-state index in [1.165, 1.54) is 0 Å². The van der Waals surface area contributed by atoms with Gasteiger partial charge in [0.1, 0.15) is 6.29 Å². The van der Waals surface area contributed by atoms with Crippen LogP contribution in [0.2, 0.25) is 0 Å². The largest absolute Gasteiger partial charge is 0.302 e. The molecule has 0 aromatic heterocycles. The predicted octanol–water partition coefficient (Wildman–Crippen LogP) is 1.15. The Morgan fingerprint density at radius 3 is 2.65 bits per heavy atom. The van der Waals surface area contributed by atoms with E-state index in [1.807, 2.05) is 0 Å². The van der Waals surface area contributed by atoms with Crippen LogP contribution in [0.25, 0.3) is 0 Å². The standard InChI is InChI=1S/C12H22N2O3/c1-2-10(13-12(9-15)7-8-12)5-3-4-6-11(16)14-17/h9-10,13,17H,2-8H2,1H3,(H,14,16). The van der Waals surface area contributed by atoms with Gasteiger partial charge in [0.15, 0.2) is 0 Å². The molecular weight excluding hydrogens is 220 g/mol. The van der Waals surface area contributed by atoms with Crippen molar-refractivity contribution in [3.05, 3.63) is 0 Å². The highest BCUT2D eigenvalue weighted by Gasteiger charge is 2.43. The SMILES string of the molecule is CCC(CCCCC(=O)NO)NC1(C=O)CC1. The maximum absolute atomic E-state index is 10.9. The molecule has 5 heteroatoms. The van der Waals surface area contributed by atoms with Crippen LogP contribution in [0.5, 0.6) is 0 Å². The molecule has 0 spiro atoms. The molecule has 0 aromatic carbocycles. The Balaban J connectivity index is 2.14. The lowest BCUT2D eigenvalue weighted by Crippen LogP contribution is -2.41. The highest BCUT2D eigenvalue weighted by Crippen LogP contribution is 2.34. The Morgan fingerprint density at radius 1 is 1.47 bits per heavy atom. The first-order valence-corrected chi connectivity index (χ1v) is 6.33. The van der Waals surface area contributed by atoms with Gasteiger partial charge in [0.2, 0.25) is 5.91 Å². The van der Waals surface area contributed by atoms with Crippen molar-refractivity contribution in [2.45, 2.75) is 63.5 Å². The number of hydrogen-bond acceptors (Lipinski definition) is 4. The van der Waals surface area contributed by atoms with Crippen molar-refractivity contribution in [1.29, 1.82) is 0 Å². The topological polar surface area (TPSA) is 78.4 Å². The molecule has 1 amide bonds. The molecule has 0 aromatic rings. The summed E-state index contributed by atoms with van der Waals surface area (Å²) in [4.78, 5) is 21.6. The number of aldehydes is 1. The van der Waals surface area contributed by atoms with Crippen LogP contribution in [0.1, 0.15) is 51.9 Å². The molecule has 1 fully saturated rings. The number of nitrogens with one attached hydrogen (secondary N) is 2. The van der Waals surface area contributed by atoms with Gasteiger partial charge in [-0.3, -0.25) is 10.0 Å². The van der Waals surface area contributed by atoms with Gasteiger partial charge >= 0.3 is 0 Å². The van der Waals surface area contributed by atoms with Crippen molar-refractivity contribution in [3.8, 4) is 0 Å². The molecular formula is C12H22N2O3. The third-order valence-electron chi connectivity index (χ3n) is 3.33. The zero-order valence-corrected chi connectivity index (χ0v) is 10.4. The lowest BCUT2D eigenvalue weighted by Gasteiger charge is -2.20. The summed E-state index contributed by atoms with van der Waals surface area (Å²) in [5, 5.41) is 11.7. The van der Waals surface area contributed by atoms with E-state index in [4.69, 9.17) is 5.21 Å². The Morgan fingerprint density at radius 2 is 2.18 bits per heavy atom. The van der Waals surface area contributed by atoms with Gasteiger partial charge in [0.05, 0.1) is 5.54 Å². The molecule has 0 radical (unpaired) electrons. The molecule has 1 atom stereocenters. The van der Waals surface area contributed by atoms with E-state index >= 15 is 0 Å². The van der Waals surface area contributed by atoms with Crippen molar-refractivity contribution in [2.24, 2.45) is 0 Å². The third kappa shape index (κ3) is 4.83. The van der Waals surface area contributed by atoms with E-state index in [9.17, 15) is 9.59 Å². The molecule has 17 heavy (non-hydrogen) atoms. The number of carbonyl (C=O) groups is 2. The van der Waals surface area contributed by atoms with Gasteiger partial charge in [-0.15, -0.1) is 0 Å². The molecule has 0 bridgehead atoms. The van der Waals surface area contributed by atoms with Crippen molar-refractivity contribution in [3.63, 3.8) is 0 Å². The Bertz CT molecular complexity index is 264. The summed E-state index contributed by atoms with van der Waals surface area (Å²) in [6.45, 7) is 2.10. The summed E-state index contributed by atoms with van der Waals surface area (Å²) in [5.41, 5.74) is 1.38. The number of unbranched alkanes of at least 4 members (excludes halogenated alkanes) is 1. The van der Waals surface area contributed by atoms with Crippen molar-refractivity contribution < 1.29 is 14.8 Å². The summed E-state index contributed by atoms with van der Waals surface area (Å²) < 4.78 is 0. The van der Waals surface area contributed by atoms with Crippen molar-refractivity contribution >= 4 is 12.2 Å². The Hall–Kier alpha value is -0.940. The monoisotopic (exact) mass is 242 g/mol. The van der Waals surface area contributed by atoms with Gasteiger partial charge in [-0.1, -0.05) is 13.3 Å². The average molecular weight is 242 g/mol. The van der Waals surface area contributed by atoms with Crippen molar-refractivity contribution in [2.75, 3.05) is 0 Å². The Kier molecular flexibility index (Phi) is 5.58. The molecule has 1 aliphatic rings. The van der Waals surface area contributed by atoms with Crippen LogP contribution in [0, 0.1) is 0 Å². The molecule has 0 heterocycles. The van der Waals surface area contributed by atoms with Gasteiger partial charge in [-0.05, 0) is 32.1 Å². The number of amides is 1. The molecule has 0 aliphatic heterocycles.